The second-order valence-corrected chi connectivity index (χ2v) is 4.83. The summed E-state index contributed by atoms with van der Waals surface area (Å²) < 4.78 is 13.3. The first-order valence-electron chi connectivity index (χ1n) is 6.06. The van der Waals surface area contributed by atoms with E-state index in [1.165, 1.54) is 23.1 Å². The average Bonchev–Trinajstić information content (AvgIpc) is 2.53. The average molecular weight is 265 g/mol. The van der Waals surface area contributed by atoms with Crippen LogP contribution in [0.4, 0.5) is 10.1 Å². The number of hydrogen-bond acceptors (Lipinski definition) is 3. The summed E-state index contributed by atoms with van der Waals surface area (Å²) >= 11 is 0. The normalized spacial score (nSPS) is 17.8. The maximum absolute atomic E-state index is 13.3. The quantitative estimate of drug-likeness (QED) is 0.844. The molecule has 1 atom stereocenters. The molecule has 1 aliphatic rings. The molecule has 0 saturated heterocycles. The summed E-state index contributed by atoms with van der Waals surface area (Å²) in [5.74, 6) is -1.15. The van der Waals surface area contributed by atoms with Crippen LogP contribution < -0.4 is 16.0 Å². The van der Waals surface area contributed by atoms with Crippen molar-refractivity contribution < 1.29 is 14.0 Å². The van der Waals surface area contributed by atoms with E-state index in [0.29, 0.717) is 11.3 Å². The summed E-state index contributed by atoms with van der Waals surface area (Å²) in [6, 6.07) is 3.10. The molecule has 6 heteroatoms. The fourth-order valence-corrected chi connectivity index (χ4v) is 2.11. The molecule has 1 aromatic carbocycles. The van der Waals surface area contributed by atoms with Gasteiger partial charge in [-0.25, -0.2) is 4.39 Å². The second-order valence-electron chi connectivity index (χ2n) is 4.83. The molecule has 19 heavy (non-hydrogen) atoms. The highest BCUT2D eigenvalue weighted by Gasteiger charge is 2.36. The van der Waals surface area contributed by atoms with Crippen LogP contribution in [-0.4, -0.2) is 24.4 Å². The first-order valence-corrected chi connectivity index (χ1v) is 6.06. The third-order valence-electron chi connectivity index (χ3n) is 2.90. The number of carbonyl (C=O) groups is 2. The van der Waals surface area contributed by atoms with Crippen molar-refractivity contribution in [2.45, 2.75) is 25.9 Å². The summed E-state index contributed by atoms with van der Waals surface area (Å²) in [6.07, 6.45) is 0. The van der Waals surface area contributed by atoms with Gasteiger partial charge in [-0.05, 0) is 26.0 Å². The Morgan fingerprint density at radius 3 is 2.84 bits per heavy atom. The van der Waals surface area contributed by atoms with E-state index < -0.39 is 11.9 Å². The summed E-state index contributed by atoms with van der Waals surface area (Å²) in [5.41, 5.74) is 6.68. The van der Waals surface area contributed by atoms with Gasteiger partial charge in [-0.1, -0.05) is 6.07 Å². The maximum Gasteiger partial charge on any atom is 0.249 e. The lowest BCUT2D eigenvalue weighted by Crippen LogP contribution is -2.42. The van der Waals surface area contributed by atoms with Crippen molar-refractivity contribution in [3.05, 3.63) is 29.6 Å². The third-order valence-corrected chi connectivity index (χ3v) is 2.90. The van der Waals surface area contributed by atoms with Crippen LogP contribution in [0.2, 0.25) is 0 Å². The number of nitrogens with two attached hydrogens (primary N) is 1. The minimum Gasteiger partial charge on any atom is -0.352 e. The molecule has 102 valence electrons. The largest absolute Gasteiger partial charge is 0.352 e. The number of nitrogens with one attached hydrogen (secondary N) is 1. The lowest BCUT2D eigenvalue weighted by molar-refractivity contribution is -0.124. The molecule has 3 N–H and O–H groups in total. The van der Waals surface area contributed by atoms with Crippen LogP contribution in [0, 0.1) is 5.82 Å². The van der Waals surface area contributed by atoms with Gasteiger partial charge in [0.1, 0.15) is 18.4 Å². The smallest absolute Gasteiger partial charge is 0.249 e. The van der Waals surface area contributed by atoms with Crippen molar-refractivity contribution in [1.29, 1.82) is 0 Å². The number of benzene rings is 1. The molecule has 0 fully saturated rings. The Kier molecular flexibility index (Phi) is 3.53. The van der Waals surface area contributed by atoms with Gasteiger partial charge in [-0.2, -0.15) is 0 Å². The maximum atomic E-state index is 13.3. The third kappa shape index (κ3) is 2.58. The fraction of sp³-hybridized carbons (Fsp3) is 0.385. The SMILES string of the molecule is CC(C)NC(=O)CN1C(=O)C(N)c2ccc(F)cc21. The molecule has 1 aromatic rings. The van der Waals surface area contributed by atoms with E-state index in [0.717, 1.165) is 0 Å². The molecule has 1 unspecified atom stereocenters. The molecule has 1 aliphatic heterocycles. The molecule has 0 bridgehead atoms. The summed E-state index contributed by atoms with van der Waals surface area (Å²) in [7, 11) is 0. The van der Waals surface area contributed by atoms with Crippen molar-refractivity contribution in [3.8, 4) is 0 Å². The van der Waals surface area contributed by atoms with Crippen molar-refractivity contribution in [2.75, 3.05) is 11.4 Å². The highest BCUT2D eigenvalue weighted by Crippen LogP contribution is 2.34. The van der Waals surface area contributed by atoms with Crippen LogP contribution in [0.5, 0.6) is 0 Å². The standard InChI is InChI=1S/C13H16FN3O2/c1-7(2)16-11(18)6-17-10-5-8(14)3-4-9(10)12(15)13(17)19/h3-5,7,12H,6,15H2,1-2H3,(H,16,18). The molecular weight excluding hydrogens is 249 g/mol. The first kappa shape index (κ1) is 13.5. The Balaban J connectivity index is 2.25. The van der Waals surface area contributed by atoms with Crippen LogP contribution in [-0.2, 0) is 9.59 Å². The van der Waals surface area contributed by atoms with Gasteiger partial charge in [0.15, 0.2) is 0 Å². The first-order chi connectivity index (χ1) is 8.90. The van der Waals surface area contributed by atoms with E-state index in [1.54, 1.807) is 0 Å². The Morgan fingerprint density at radius 2 is 2.21 bits per heavy atom. The van der Waals surface area contributed by atoms with Gasteiger partial charge in [0, 0.05) is 11.6 Å². The molecule has 2 amide bonds. The van der Waals surface area contributed by atoms with Gasteiger partial charge in [0.05, 0.1) is 5.69 Å². The van der Waals surface area contributed by atoms with Gasteiger partial charge in [-0.3, -0.25) is 9.59 Å². The monoisotopic (exact) mass is 265 g/mol. The van der Waals surface area contributed by atoms with Crippen LogP contribution >= 0.6 is 0 Å². The number of amides is 2. The van der Waals surface area contributed by atoms with Gasteiger partial charge < -0.3 is 16.0 Å². The summed E-state index contributed by atoms with van der Waals surface area (Å²) in [6.45, 7) is 3.49. The number of nitrogens with zero attached hydrogens (tertiary/aromatic N) is 1. The van der Waals surface area contributed by atoms with E-state index in [1.807, 2.05) is 13.8 Å². The van der Waals surface area contributed by atoms with Gasteiger partial charge in [-0.15, -0.1) is 0 Å². The van der Waals surface area contributed by atoms with E-state index in [2.05, 4.69) is 5.32 Å². The Hall–Kier alpha value is -1.95. The molecule has 5 nitrogen and oxygen atoms in total. The van der Waals surface area contributed by atoms with Crippen LogP contribution in [0.1, 0.15) is 25.5 Å². The van der Waals surface area contributed by atoms with E-state index >= 15 is 0 Å². The van der Waals surface area contributed by atoms with E-state index in [9.17, 15) is 14.0 Å². The number of fused-ring (bicyclic) bond motifs is 1. The predicted octanol–water partition coefficient (Wildman–Crippen LogP) is 0.697. The topological polar surface area (TPSA) is 75.4 Å². The van der Waals surface area contributed by atoms with Crippen molar-refractivity contribution >= 4 is 17.5 Å². The predicted molar refractivity (Wildman–Crippen MR) is 69.0 cm³/mol. The molecular formula is C13H16FN3O2. The summed E-state index contributed by atoms with van der Waals surface area (Å²) in [5, 5.41) is 2.68. The molecule has 0 spiro atoms. The van der Waals surface area contributed by atoms with Gasteiger partial charge >= 0.3 is 0 Å². The Morgan fingerprint density at radius 1 is 1.53 bits per heavy atom. The zero-order chi connectivity index (χ0) is 14.2. The molecule has 0 aliphatic carbocycles. The zero-order valence-electron chi connectivity index (χ0n) is 10.8. The highest BCUT2D eigenvalue weighted by molar-refractivity contribution is 6.07. The summed E-state index contributed by atoms with van der Waals surface area (Å²) in [4.78, 5) is 24.9. The number of carbonyl (C=O) groups excluding carboxylic acids is 2. The molecule has 0 saturated carbocycles. The van der Waals surface area contributed by atoms with Crippen molar-refractivity contribution in [3.63, 3.8) is 0 Å². The minimum atomic E-state index is -0.831. The minimum absolute atomic E-state index is 0.0224. The number of anilines is 1. The molecule has 1 heterocycles. The van der Waals surface area contributed by atoms with Gasteiger partial charge in [0.2, 0.25) is 11.8 Å². The van der Waals surface area contributed by atoms with Crippen molar-refractivity contribution in [1.82, 2.24) is 5.32 Å². The highest BCUT2D eigenvalue weighted by atomic mass is 19.1. The Labute approximate surface area is 110 Å². The molecule has 2 rings (SSSR count). The van der Waals surface area contributed by atoms with Crippen LogP contribution in [0.3, 0.4) is 0 Å². The number of rotatable bonds is 3. The lowest BCUT2D eigenvalue weighted by Gasteiger charge is -2.18. The number of halogens is 1. The number of hydrogen-bond donors (Lipinski definition) is 2. The van der Waals surface area contributed by atoms with E-state index in [4.69, 9.17) is 5.73 Å². The van der Waals surface area contributed by atoms with Crippen molar-refractivity contribution in [2.24, 2.45) is 5.73 Å². The Bertz CT molecular complexity index is 531. The van der Waals surface area contributed by atoms with Crippen LogP contribution in [0.25, 0.3) is 0 Å². The van der Waals surface area contributed by atoms with Gasteiger partial charge in [0.25, 0.3) is 0 Å². The van der Waals surface area contributed by atoms with E-state index in [-0.39, 0.29) is 24.4 Å². The fourth-order valence-electron chi connectivity index (χ4n) is 2.11. The zero-order valence-corrected chi connectivity index (χ0v) is 10.8. The second kappa shape index (κ2) is 4.97. The molecule has 0 aromatic heterocycles. The lowest BCUT2D eigenvalue weighted by atomic mass is 10.1. The van der Waals surface area contributed by atoms with Crippen LogP contribution in [0.15, 0.2) is 18.2 Å². The molecule has 0 radical (unpaired) electrons.